The van der Waals surface area contributed by atoms with Gasteiger partial charge in [-0.05, 0) is 75.5 Å². The Labute approximate surface area is 253 Å². The fourth-order valence-electron chi connectivity index (χ4n) is 4.87. The van der Waals surface area contributed by atoms with E-state index in [0.717, 1.165) is 22.6 Å². The van der Waals surface area contributed by atoms with Crippen molar-refractivity contribution < 1.29 is 18.4 Å². The van der Waals surface area contributed by atoms with Crippen molar-refractivity contribution in [1.29, 1.82) is 5.26 Å². The number of nitrogens with zero attached hydrogens (tertiary/aromatic N) is 5. The predicted octanol–water partition coefficient (Wildman–Crippen LogP) is 5.50. The molecule has 5 rings (SSSR count). The average Bonchev–Trinajstić information content (AvgIpc) is 2.99. The highest BCUT2D eigenvalue weighted by Gasteiger charge is 2.34. The summed E-state index contributed by atoms with van der Waals surface area (Å²) in [6.07, 6.45) is 0. The molecule has 0 saturated heterocycles. The van der Waals surface area contributed by atoms with Crippen LogP contribution in [0.1, 0.15) is 32.6 Å². The van der Waals surface area contributed by atoms with Crippen molar-refractivity contribution >= 4 is 35.1 Å². The molecule has 1 aromatic heterocycles. The minimum atomic E-state index is -0.930. The van der Waals surface area contributed by atoms with Crippen LogP contribution in [0, 0.1) is 36.8 Å². The van der Waals surface area contributed by atoms with E-state index in [0.29, 0.717) is 52.3 Å². The number of aromatic nitrogens is 2. The molecule has 0 saturated carbocycles. The van der Waals surface area contributed by atoms with Gasteiger partial charge in [-0.25, -0.2) is 23.5 Å². The summed E-state index contributed by atoms with van der Waals surface area (Å²) < 4.78 is 30.0. The van der Waals surface area contributed by atoms with Gasteiger partial charge in [0.25, 0.3) is 5.91 Å². The molecule has 0 fully saturated rings. The minimum Gasteiger partial charge on any atom is -0.353 e. The number of benzene rings is 3. The summed E-state index contributed by atoms with van der Waals surface area (Å²) in [5, 5.41) is 18.1. The highest BCUT2D eigenvalue weighted by Crippen LogP contribution is 2.39. The Balaban J connectivity index is 1.63. The molecule has 12 heteroatoms. The summed E-state index contributed by atoms with van der Waals surface area (Å²) in [6.45, 7) is 4.69. The predicted molar refractivity (Wildman–Crippen MR) is 164 cm³/mol. The van der Waals surface area contributed by atoms with Gasteiger partial charge in [0.15, 0.2) is 5.82 Å². The molecule has 44 heavy (non-hydrogen) atoms. The van der Waals surface area contributed by atoms with Crippen LogP contribution in [0.5, 0.6) is 0 Å². The lowest BCUT2D eigenvalue weighted by molar-refractivity contribution is 0.102. The Bertz CT molecular complexity index is 1800. The first-order valence-corrected chi connectivity index (χ1v) is 13.8. The number of rotatable bonds is 8. The van der Waals surface area contributed by atoms with Gasteiger partial charge in [-0.15, -0.1) is 0 Å². The first-order chi connectivity index (χ1) is 21.1. The Kier molecular flexibility index (Phi) is 8.50. The number of hydrogen-bond donors (Lipinski definition) is 3. The van der Waals surface area contributed by atoms with Crippen LogP contribution in [0.2, 0.25) is 0 Å². The molecule has 0 radical (unpaired) electrons. The number of carbonyl (C=O) groups excluding carboxylic acids is 2. The van der Waals surface area contributed by atoms with Crippen LogP contribution in [0.3, 0.4) is 0 Å². The molecule has 224 valence electrons. The maximum Gasteiger partial charge on any atom is 0.328 e. The number of fused-ring (bicyclic) bond motifs is 1. The molecule has 3 amide bonds. The summed E-state index contributed by atoms with van der Waals surface area (Å²) in [7, 11) is 3.82. The van der Waals surface area contributed by atoms with E-state index < -0.39 is 29.3 Å². The number of nitriles is 1. The van der Waals surface area contributed by atoms with Crippen LogP contribution < -0.4 is 20.9 Å². The van der Waals surface area contributed by atoms with Gasteiger partial charge in [0.2, 0.25) is 5.95 Å². The largest absolute Gasteiger partial charge is 0.353 e. The number of carbonyl (C=O) groups is 2. The van der Waals surface area contributed by atoms with Gasteiger partial charge in [-0.3, -0.25) is 4.79 Å². The lowest BCUT2D eigenvalue weighted by atomic mass is 9.97. The molecular weight excluding hydrogens is 566 g/mol. The van der Waals surface area contributed by atoms with Crippen molar-refractivity contribution in [2.45, 2.75) is 20.4 Å². The standard InChI is InChI=1S/C32H30F2N8O2/c1-18-11-12-20(30(43)38-26-10-5-7-21(16-35)19(26)2)15-22(18)27-23-17-37-32(44)42(28-24(33)8-6-9-25(28)34)29(23)40-31(39-27)36-13-14-41(3)4/h5-12,15H,13-14,17H2,1-4H3,(H,37,44)(H,38,43)(H,36,39,40). The number of para-hydroxylation sites is 1. The highest BCUT2D eigenvalue weighted by molar-refractivity contribution is 6.06. The number of nitrogens with one attached hydrogen (secondary N) is 3. The second kappa shape index (κ2) is 12.4. The highest BCUT2D eigenvalue weighted by atomic mass is 19.1. The number of anilines is 4. The van der Waals surface area contributed by atoms with E-state index in [-0.39, 0.29) is 18.3 Å². The van der Waals surface area contributed by atoms with E-state index in [1.165, 1.54) is 6.07 Å². The van der Waals surface area contributed by atoms with Gasteiger partial charge in [0.05, 0.1) is 23.9 Å². The Morgan fingerprint density at radius 3 is 2.52 bits per heavy atom. The molecule has 2 heterocycles. The molecule has 0 bridgehead atoms. The van der Waals surface area contributed by atoms with Gasteiger partial charge in [-0.2, -0.15) is 10.2 Å². The average molecular weight is 597 g/mol. The first kappa shape index (κ1) is 30.1. The molecule has 1 aliphatic rings. The second-order valence-corrected chi connectivity index (χ2v) is 10.6. The SMILES string of the molecule is Cc1ccc(C(=O)Nc2cccc(C#N)c2C)cc1-c1nc(NCCN(C)C)nc2c1CNC(=O)N2c1c(F)cccc1F. The van der Waals surface area contributed by atoms with Gasteiger partial charge in [0, 0.05) is 35.5 Å². The number of halogens is 2. The van der Waals surface area contributed by atoms with Crippen LogP contribution >= 0.6 is 0 Å². The maximum atomic E-state index is 15.0. The topological polar surface area (TPSA) is 126 Å². The molecule has 3 N–H and O–H groups in total. The fraction of sp³-hybridized carbons (Fsp3) is 0.219. The molecule has 0 unspecified atom stereocenters. The Hall–Kier alpha value is -5.41. The van der Waals surface area contributed by atoms with E-state index >= 15 is 0 Å². The van der Waals surface area contributed by atoms with E-state index in [2.05, 4.69) is 27.0 Å². The number of hydrogen-bond acceptors (Lipinski definition) is 7. The lowest BCUT2D eigenvalue weighted by Gasteiger charge is -2.31. The molecule has 0 aliphatic carbocycles. The minimum absolute atomic E-state index is 0.00986. The zero-order valence-electron chi connectivity index (χ0n) is 24.6. The Morgan fingerprint density at radius 2 is 1.82 bits per heavy atom. The molecule has 3 aromatic carbocycles. The molecular formula is C32H30F2N8O2. The van der Waals surface area contributed by atoms with Crippen molar-refractivity contribution in [1.82, 2.24) is 20.2 Å². The normalized spacial score (nSPS) is 12.4. The van der Waals surface area contributed by atoms with E-state index in [9.17, 15) is 23.6 Å². The number of amides is 3. The summed E-state index contributed by atoms with van der Waals surface area (Å²) in [5.74, 6) is -2.09. The fourth-order valence-corrected chi connectivity index (χ4v) is 4.87. The van der Waals surface area contributed by atoms with Crippen LogP contribution in [-0.2, 0) is 6.54 Å². The van der Waals surface area contributed by atoms with Crippen molar-refractivity contribution in [3.05, 3.63) is 94.0 Å². The third kappa shape index (κ3) is 5.91. The van der Waals surface area contributed by atoms with Crippen molar-refractivity contribution in [3.8, 4) is 17.3 Å². The molecule has 10 nitrogen and oxygen atoms in total. The van der Waals surface area contributed by atoms with Crippen LogP contribution in [0.25, 0.3) is 11.3 Å². The van der Waals surface area contributed by atoms with Gasteiger partial charge >= 0.3 is 6.03 Å². The second-order valence-electron chi connectivity index (χ2n) is 10.6. The lowest BCUT2D eigenvalue weighted by Crippen LogP contribution is -2.43. The number of aryl methyl sites for hydroxylation is 1. The van der Waals surface area contributed by atoms with Crippen LogP contribution in [0.4, 0.5) is 36.7 Å². The zero-order valence-corrected chi connectivity index (χ0v) is 24.6. The van der Waals surface area contributed by atoms with Crippen LogP contribution in [0.15, 0.2) is 54.6 Å². The molecule has 4 aromatic rings. The number of urea groups is 1. The zero-order chi connectivity index (χ0) is 31.5. The summed E-state index contributed by atoms with van der Waals surface area (Å²) in [5.41, 5.74) is 3.51. The third-order valence-electron chi connectivity index (χ3n) is 7.28. The molecule has 0 spiro atoms. The van der Waals surface area contributed by atoms with Crippen molar-refractivity contribution in [3.63, 3.8) is 0 Å². The van der Waals surface area contributed by atoms with E-state index in [4.69, 9.17) is 4.98 Å². The van der Waals surface area contributed by atoms with Crippen molar-refractivity contribution in [2.24, 2.45) is 0 Å². The van der Waals surface area contributed by atoms with Gasteiger partial charge in [0.1, 0.15) is 17.3 Å². The quantitative estimate of drug-likeness (QED) is 0.245. The Morgan fingerprint density at radius 1 is 1.09 bits per heavy atom. The summed E-state index contributed by atoms with van der Waals surface area (Å²) in [6, 6.07) is 14.9. The number of likely N-dealkylation sites (N-methyl/N-ethyl adjacent to an activating group) is 1. The third-order valence-corrected chi connectivity index (χ3v) is 7.28. The van der Waals surface area contributed by atoms with Gasteiger partial charge in [-0.1, -0.05) is 18.2 Å². The monoisotopic (exact) mass is 596 g/mol. The van der Waals surface area contributed by atoms with Crippen molar-refractivity contribution in [2.75, 3.05) is 42.7 Å². The van der Waals surface area contributed by atoms with E-state index in [1.54, 1.807) is 43.3 Å². The summed E-state index contributed by atoms with van der Waals surface area (Å²) >= 11 is 0. The first-order valence-electron chi connectivity index (χ1n) is 13.8. The van der Waals surface area contributed by atoms with E-state index in [1.807, 2.05) is 25.9 Å². The smallest absolute Gasteiger partial charge is 0.328 e. The maximum absolute atomic E-state index is 15.0. The van der Waals surface area contributed by atoms with Gasteiger partial charge < -0.3 is 20.9 Å². The molecule has 0 atom stereocenters. The molecule has 1 aliphatic heterocycles. The van der Waals surface area contributed by atoms with Crippen LogP contribution in [-0.4, -0.2) is 54.0 Å². The summed E-state index contributed by atoms with van der Waals surface area (Å²) in [4.78, 5) is 38.6.